The zero-order valence-corrected chi connectivity index (χ0v) is 6.64. The fourth-order valence-electron chi connectivity index (χ4n) is 0.701. The number of hydrogen-bond donors (Lipinski definition) is 1. The zero-order valence-electron chi connectivity index (χ0n) is 6.64. The van der Waals surface area contributed by atoms with Crippen molar-refractivity contribution in [1.29, 1.82) is 0 Å². The van der Waals surface area contributed by atoms with Crippen molar-refractivity contribution in [2.24, 2.45) is 0 Å². The highest BCUT2D eigenvalue weighted by Gasteiger charge is 2.25. The first kappa shape index (κ1) is 9.97. The van der Waals surface area contributed by atoms with Gasteiger partial charge in [0.2, 0.25) is 6.39 Å². The number of alkyl halides is 3. The van der Waals surface area contributed by atoms with E-state index in [9.17, 15) is 13.2 Å². The number of halogens is 3. The van der Waals surface area contributed by atoms with Gasteiger partial charge >= 0.3 is 6.18 Å². The molecular weight excluding hydrogens is 187 g/mol. The van der Waals surface area contributed by atoms with Crippen LogP contribution in [0.1, 0.15) is 12.2 Å². The normalized spacial score (nSPS) is 11.9. The number of rotatable bonds is 4. The van der Waals surface area contributed by atoms with Gasteiger partial charge in [0.25, 0.3) is 0 Å². The van der Waals surface area contributed by atoms with Gasteiger partial charge in [-0.3, -0.25) is 0 Å². The molecule has 0 saturated heterocycles. The van der Waals surface area contributed by atoms with E-state index in [0.717, 1.165) is 6.39 Å². The maximum absolute atomic E-state index is 11.6. The van der Waals surface area contributed by atoms with Crippen molar-refractivity contribution < 1.29 is 17.7 Å². The van der Waals surface area contributed by atoms with Crippen molar-refractivity contribution in [3.63, 3.8) is 0 Å². The molecule has 0 aliphatic carbocycles. The molecule has 0 aliphatic rings. The smallest absolute Gasteiger partial charge is 0.343 e. The van der Waals surface area contributed by atoms with Crippen molar-refractivity contribution in [1.82, 2.24) is 15.5 Å². The topological polar surface area (TPSA) is 51.0 Å². The Kier molecular flexibility index (Phi) is 3.24. The minimum atomic E-state index is -4.12. The van der Waals surface area contributed by atoms with Gasteiger partial charge in [-0.2, -0.15) is 18.2 Å². The van der Waals surface area contributed by atoms with Gasteiger partial charge in [0, 0.05) is 6.54 Å². The van der Waals surface area contributed by atoms with Gasteiger partial charge in [-0.1, -0.05) is 5.16 Å². The van der Waals surface area contributed by atoms with E-state index in [2.05, 4.69) is 20.0 Å². The lowest BCUT2D eigenvalue weighted by atomic mass is 10.4. The quantitative estimate of drug-likeness (QED) is 0.731. The van der Waals surface area contributed by atoms with Crippen LogP contribution in [0.2, 0.25) is 0 Å². The summed E-state index contributed by atoms with van der Waals surface area (Å²) in [5.74, 6) is 0.349. The van der Waals surface area contributed by atoms with Crippen LogP contribution in [-0.4, -0.2) is 22.9 Å². The van der Waals surface area contributed by atoms with Crippen molar-refractivity contribution in [3.05, 3.63) is 12.2 Å². The lowest BCUT2D eigenvalue weighted by molar-refractivity contribution is -0.133. The van der Waals surface area contributed by atoms with Gasteiger partial charge in [0.15, 0.2) is 5.82 Å². The first-order valence-corrected chi connectivity index (χ1v) is 3.60. The van der Waals surface area contributed by atoms with Crippen molar-refractivity contribution >= 4 is 0 Å². The minimum Gasteiger partial charge on any atom is -0.343 e. The Bertz CT molecular complexity index is 234. The molecule has 0 radical (unpaired) electrons. The largest absolute Gasteiger partial charge is 0.390 e. The molecule has 1 N–H and O–H groups in total. The van der Waals surface area contributed by atoms with Gasteiger partial charge < -0.3 is 9.84 Å². The summed E-state index contributed by atoms with van der Waals surface area (Å²) in [6.07, 6.45) is -3.85. The van der Waals surface area contributed by atoms with Crippen molar-refractivity contribution in [3.8, 4) is 0 Å². The average molecular weight is 195 g/mol. The Hall–Kier alpha value is -1.11. The molecule has 1 aromatic heterocycles. The lowest BCUT2D eigenvalue weighted by Crippen LogP contribution is -2.21. The van der Waals surface area contributed by atoms with Crippen LogP contribution < -0.4 is 5.32 Å². The van der Waals surface area contributed by atoms with Crippen LogP contribution >= 0.6 is 0 Å². The molecule has 1 rings (SSSR count). The van der Waals surface area contributed by atoms with Gasteiger partial charge in [-0.25, -0.2) is 0 Å². The van der Waals surface area contributed by atoms with E-state index < -0.39 is 12.6 Å². The molecule has 0 atom stereocenters. The highest BCUT2D eigenvalue weighted by atomic mass is 19.4. The number of aromatic nitrogens is 2. The summed E-state index contributed by atoms with van der Waals surface area (Å²) in [5, 5.41) is 5.96. The Morgan fingerprint density at radius 1 is 1.46 bits per heavy atom. The summed E-state index contributed by atoms with van der Waals surface area (Å²) in [6, 6.07) is 0. The summed E-state index contributed by atoms with van der Waals surface area (Å²) < 4.78 is 39.3. The van der Waals surface area contributed by atoms with Gasteiger partial charge in [-0.15, -0.1) is 0 Å². The molecule has 0 amide bonds. The third-order valence-corrected chi connectivity index (χ3v) is 1.28. The van der Waals surface area contributed by atoms with Crippen LogP contribution in [0.5, 0.6) is 0 Å². The molecule has 0 unspecified atom stereocenters. The Labute approximate surface area is 72.1 Å². The van der Waals surface area contributed by atoms with Crippen molar-refractivity contribution in [2.75, 3.05) is 6.54 Å². The van der Waals surface area contributed by atoms with Crippen LogP contribution in [0.25, 0.3) is 0 Å². The second-order valence-corrected chi connectivity index (χ2v) is 2.39. The van der Waals surface area contributed by atoms with E-state index in [4.69, 9.17) is 0 Å². The molecule has 13 heavy (non-hydrogen) atoms. The van der Waals surface area contributed by atoms with E-state index in [1.54, 1.807) is 0 Å². The summed E-state index contributed by atoms with van der Waals surface area (Å²) in [5.41, 5.74) is 0. The average Bonchev–Trinajstić information content (AvgIpc) is 2.48. The monoisotopic (exact) mass is 195 g/mol. The van der Waals surface area contributed by atoms with Crippen molar-refractivity contribution in [2.45, 2.75) is 19.1 Å². The molecule has 0 saturated carbocycles. The number of nitrogens with one attached hydrogen (secondary N) is 1. The van der Waals surface area contributed by atoms with Crippen LogP contribution in [-0.2, 0) is 6.54 Å². The highest BCUT2D eigenvalue weighted by Crippen LogP contribution is 2.18. The Balaban J connectivity index is 2.09. The first-order chi connectivity index (χ1) is 6.08. The minimum absolute atomic E-state index is 0.141. The molecule has 7 heteroatoms. The van der Waals surface area contributed by atoms with E-state index >= 15 is 0 Å². The third-order valence-electron chi connectivity index (χ3n) is 1.28. The SMILES string of the molecule is FC(F)(F)CCNCc1ncon1. The maximum atomic E-state index is 11.6. The van der Waals surface area contributed by atoms with Gasteiger partial charge in [-0.05, 0) is 0 Å². The summed E-state index contributed by atoms with van der Waals surface area (Å²) >= 11 is 0. The highest BCUT2D eigenvalue weighted by molar-refractivity contribution is 4.75. The maximum Gasteiger partial charge on any atom is 0.390 e. The fraction of sp³-hybridized carbons (Fsp3) is 0.667. The molecule has 0 bridgehead atoms. The molecule has 1 heterocycles. The predicted molar refractivity (Wildman–Crippen MR) is 36.7 cm³/mol. The Morgan fingerprint density at radius 2 is 2.23 bits per heavy atom. The Morgan fingerprint density at radius 3 is 2.77 bits per heavy atom. The van der Waals surface area contributed by atoms with Gasteiger partial charge in [0.1, 0.15) is 0 Å². The van der Waals surface area contributed by atoms with Crippen LogP contribution in [0.4, 0.5) is 13.2 Å². The van der Waals surface area contributed by atoms with E-state index in [1.165, 1.54) is 0 Å². The molecule has 0 fully saturated rings. The van der Waals surface area contributed by atoms with E-state index in [0.29, 0.717) is 5.82 Å². The lowest BCUT2D eigenvalue weighted by Gasteiger charge is -2.05. The summed E-state index contributed by atoms with van der Waals surface area (Å²) in [6.45, 7) is 0.0462. The van der Waals surface area contributed by atoms with Crippen LogP contribution in [0.3, 0.4) is 0 Å². The molecule has 74 valence electrons. The van der Waals surface area contributed by atoms with Crippen LogP contribution in [0, 0.1) is 0 Å². The predicted octanol–water partition coefficient (Wildman–Crippen LogP) is 1.11. The molecule has 4 nitrogen and oxygen atoms in total. The fourth-order valence-corrected chi connectivity index (χ4v) is 0.701. The second kappa shape index (κ2) is 4.22. The third kappa shape index (κ3) is 4.46. The summed E-state index contributed by atoms with van der Waals surface area (Å²) in [7, 11) is 0. The van der Waals surface area contributed by atoms with Crippen LogP contribution in [0.15, 0.2) is 10.9 Å². The standard InChI is InChI=1S/C6H8F3N3O/c7-6(8,9)1-2-10-3-5-11-4-13-12-5/h4,10H,1-3H2. The van der Waals surface area contributed by atoms with E-state index in [-0.39, 0.29) is 13.1 Å². The zero-order chi connectivity index (χ0) is 9.73. The molecule has 0 spiro atoms. The second-order valence-electron chi connectivity index (χ2n) is 2.39. The molecule has 1 aromatic rings. The van der Waals surface area contributed by atoms with E-state index in [1.807, 2.05) is 0 Å². The first-order valence-electron chi connectivity index (χ1n) is 3.60. The van der Waals surface area contributed by atoms with Gasteiger partial charge in [0.05, 0.1) is 13.0 Å². The molecule has 0 aromatic carbocycles. The molecular formula is C6H8F3N3O. The number of nitrogens with zero attached hydrogens (tertiary/aromatic N) is 2. The molecule has 0 aliphatic heterocycles. The number of hydrogen-bond acceptors (Lipinski definition) is 4. The summed E-state index contributed by atoms with van der Waals surface area (Å²) in [4.78, 5) is 3.63.